The lowest BCUT2D eigenvalue weighted by molar-refractivity contribution is -0.134. The lowest BCUT2D eigenvalue weighted by Crippen LogP contribution is -2.53. The van der Waals surface area contributed by atoms with Gasteiger partial charge in [0.15, 0.2) is 0 Å². The summed E-state index contributed by atoms with van der Waals surface area (Å²) >= 11 is 0. The molecule has 264 valence electrons. The minimum absolute atomic E-state index is 0.00857. The van der Waals surface area contributed by atoms with Gasteiger partial charge < -0.3 is 25.2 Å². The maximum atomic E-state index is 13.7. The Labute approximate surface area is 289 Å². The molecule has 0 aliphatic carbocycles. The summed E-state index contributed by atoms with van der Waals surface area (Å²) in [7, 11) is 0. The molecule has 2 amide bonds. The largest absolute Gasteiger partial charge is 0.379 e. The first kappa shape index (κ1) is 35.2. The van der Waals surface area contributed by atoms with Crippen molar-refractivity contribution < 1.29 is 14.3 Å². The average Bonchev–Trinajstić information content (AvgIpc) is 3.13. The van der Waals surface area contributed by atoms with Gasteiger partial charge in [-0.2, -0.15) is 5.10 Å². The number of amides is 2. The predicted octanol–water partition coefficient (Wildman–Crippen LogP) is 1.41. The number of aryl methyl sites for hydroxylation is 1. The van der Waals surface area contributed by atoms with E-state index in [-0.39, 0.29) is 17.4 Å². The average molecular weight is 673 g/mol. The van der Waals surface area contributed by atoms with Crippen molar-refractivity contribution in [1.82, 2.24) is 34.7 Å². The van der Waals surface area contributed by atoms with Crippen molar-refractivity contribution in [2.45, 2.75) is 26.2 Å². The van der Waals surface area contributed by atoms with E-state index in [0.717, 1.165) is 94.0 Å². The Hall–Kier alpha value is -3.68. The van der Waals surface area contributed by atoms with E-state index >= 15 is 0 Å². The van der Waals surface area contributed by atoms with Gasteiger partial charge in [0.25, 0.3) is 11.5 Å². The molecule has 4 heterocycles. The van der Waals surface area contributed by atoms with Gasteiger partial charge in [0.05, 0.1) is 30.8 Å². The van der Waals surface area contributed by atoms with Crippen LogP contribution in [0.4, 0.5) is 0 Å². The molecule has 0 radical (unpaired) electrons. The number of carbonyl (C=O) groups is 2. The summed E-state index contributed by atoms with van der Waals surface area (Å²) < 4.78 is 5.54. The topological polar surface area (TPSA) is 131 Å². The predicted molar refractivity (Wildman–Crippen MR) is 191 cm³/mol. The molecule has 3 fully saturated rings. The van der Waals surface area contributed by atoms with Gasteiger partial charge in [-0.1, -0.05) is 30.3 Å². The first-order valence-electron chi connectivity index (χ1n) is 18.0. The third-order valence-electron chi connectivity index (χ3n) is 10.5. The fraction of sp³-hybridized carbons (Fsp3) is 0.568. The van der Waals surface area contributed by atoms with Crippen LogP contribution < -0.4 is 11.3 Å². The highest BCUT2D eigenvalue weighted by atomic mass is 16.5. The molecule has 3 aromatic rings. The molecule has 12 nitrogen and oxygen atoms in total. The molecule has 0 bridgehead atoms. The number of nitrogens with zero attached hydrogens (tertiary/aromatic N) is 6. The summed E-state index contributed by atoms with van der Waals surface area (Å²) in [5.41, 5.74) is 8.61. The molecule has 0 spiro atoms. The molecular weight excluding hydrogens is 620 g/mol. The van der Waals surface area contributed by atoms with Crippen LogP contribution >= 0.6 is 0 Å². The minimum Gasteiger partial charge on any atom is -0.379 e. The zero-order valence-corrected chi connectivity index (χ0v) is 28.9. The van der Waals surface area contributed by atoms with Crippen LogP contribution in [0.3, 0.4) is 0 Å². The number of likely N-dealkylation sites (tertiary alicyclic amines) is 1. The first-order chi connectivity index (χ1) is 23.9. The second-order valence-electron chi connectivity index (χ2n) is 13.8. The van der Waals surface area contributed by atoms with Crippen molar-refractivity contribution in [3.8, 4) is 0 Å². The van der Waals surface area contributed by atoms with Gasteiger partial charge >= 0.3 is 0 Å². The highest BCUT2D eigenvalue weighted by molar-refractivity contribution is 5.96. The molecule has 0 atom stereocenters. The Balaban J connectivity index is 0.926. The van der Waals surface area contributed by atoms with E-state index in [0.29, 0.717) is 69.2 Å². The number of nitrogens with one attached hydrogen (secondary N) is 1. The van der Waals surface area contributed by atoms with Gasteiger partial charge in [0.2, 0.25) is 5.91 Å². The lowest BCUT2D eigenvalue weighted by Gasteiger charge is -2.39. The Morgan fingerprint density at radius 2 is 1.55 bits per heavy atom. The highest BCUT2D eigenvalue weighted by Gasteiger charge is 2.29. The van der Waals surface area contributed by atoms with Crippen LogP contribution in [0.1, 0.15) is 40.0 Å². The SMILES string of the molecule is Cc1ccc(Cc2n[nH]c(=O)c3ccccc23)cc1C(=O)N1CCN(C(=O)CN2CCC(CN3CCN(CCOCCN)CC3)CC2)CC1. The van der Waals surface area contributed by atoms with Crippen LogP contribution in [0.2, 0.25) is 0 Å². The van der Waals surface area contributed by atoms with Crippen molar-refractivity contribution >= 4 is 22.6 Å². The van der Waals surface area contributed by atoms with Crippen molar-refractivity contribution in [3.63, 3.8) is 0 Å². The molecule has 1 aromatic heterocycles. The molecular formula is C37H52N8O4. The van der Waals surface area contributed by atoms with Gasteiger partial charge in [-0.25, -0.2) is 5.10 Å². The number of carbonyl (C=O) groups excluding carboxylic acids is 2. The number of hydrogen-bond acceptors (Lipinski definition) is 9. The number of piperazine rings is 2. The number of aromatic nitrogens is 2. The Kier molecular flexibility index (Phi) is 12.1. The standard InChI is InChI=1S/C37H52N8O4/c1-28-6-7-30(25-34-31-4-2-3-5-32(31)36(47)40-39-34)24-33(28)37(48)45-19-17-44(18-20-45)35(46)27-42-11-8-29(9-12-42)26-43-15-13-41(14-16-43)21-23-49-22-10-38/h2-7,24,29H,8-23,25-27,38H2,1H3,(H,40,47). The third kappa shape index (κ3) is 9.11. The number of fused-ring (bicyclic) bond motifs is 1. The normalized spacial score (nSPS) is 18.7. The summed E-state index contributed by atoms with van der Waals surface area (Å²) in [6, 6.07) is 13.4. The number of piperidine rings is 1. The van der Waals surface area contributed by atoms with Crippen LogP contribution in [-0.2, 0) is 16.0 Å². The molecule has 49 heavy (non-hydrogen) atoms. The summed E-state index contributed by atoms with van der Waals surface area (Å²) in [4.78, 5) is 50.3. The Morgan fingerprint density at radius 3 is 2.29 bits per heavy atom. The second-order valence-corrected chi connectivity index (χ2v) is 13.8. The monoisotopic (exact) mass is 672 g/mol. The number of ether oxygens (including phenoxy) is 1. The number of rotatable bonds is 12. The molecule has 0 saturated carbocycles. The molecule has 12 heteroatoms. The first-order valence-corrected chi connectivity index (χ1v) is 18.0. The van der Waals surface area contributed by atoms with Gasteiger partial charge in [-0.3, -0.25) is 24.2 Å². The van der Waals surface area contributed by atoms with Gasteiger partial charge in [0, 0.05) is 89.4 Å². The van der Waals surface area contributed by atoms with Crippen LogP contribution in [0.25, 0.3) is 10.8 Å². The summed E-state index contributed by atoms with van der Waals surface area (Å²) in [5.74, 6) is 0.844. The number of hydrogen-bond donors (Lipinski definition) is 2. The fourth-order valence-corrected chi connectivity index (χ4v) is 7.40. The van der Waals surface area contributed by atoms with Gasteiger partial charge in [-0.15, -0.1) is 0 Å². The molecule has 3 aliphatic rings. The zero-order chi connectivity index (χ0) is 34.2. The quantitative estimate of drug-likeness (QED) is 0.274. The fourth-order valence-electron chi connectivity index (χ4n) is 7.40. The van der Waals surface area contributed by atoms with E-state index in [4.69, 9.17) is 10.5 Å². The number of H-pyrrole nitrogens is 1. The summed E-state index contributed by atoms with van der Waals surface area (Å²) in [6.45, 7) is 15.0. The number of nitrogens with two attached hydrogens (primary N) is 1. The van der Waals surface area contributed by atoms with Crippen molar-refractivity contribution in [2.24, 2.45) is 11.7 Å². The minimum atomic E-state index is -0.209. The molecule has 3 aliphatic heterocycles. The maximum Gasteiger partial charge on any atom is 0.272 e. The van der Waals surface area contributed by atoms with E-state index in [1.807, 2.05) is 53.1 Å². The van der Waals surface area contributed by atoms with Crippen molar-refractivity contribution in [2.75, 3.05) is 105 Å². The second kappa shape index (κ2) is 16.8. The Bertz CT molecular complexity index is 1620. The van der Waals surface area contributed by atoms with Crippen molar-refractivity contribution in [3.05, 3.63) is 75.2 Å². The molecule has 3 N–H and O–H groups in total. The molecule has 3 saturated heterocycles. The van der Waals surface area contributed by atoms with E-state index in [2.05, 4.69) is 24.9 Å². The van der Waals surface area contributed by atoms with E-state index < -0.39 is 0 Å². The molecule has 0 unspecified atom stereocenters. The van der Waals surface area contributed by atoms with E-state index in [1.54, 1.807) is 6.07 Å². The Morgan fingerprint density at radius 1 is 0.857 bits per heavy atom. The van der Waals surface area contributed by atoms with Crippen LogP contribution in [0.5, 0.6) is 0 Å². The lowest BCUT2D eigenvalue weighted by atomic mass is 9.96. The maximum absolute atomic E-state index is 13.7. The van der Waals surface area contributed by atoms with Crippen molar-refractivity contribution in [1.29, 1.82) is 0 Å². The summed E-state index contributed by atoms with van der Waals surface area (Å²) in [6.07, 6.45) is 2.77. The van der Waals surface area contributed by atoms with E-state index in [1.165, 1.54) is 0 Å². The van der Waals surface area contributed by atoms with E-state index in [9.17, 15) is 14.4 Å². The zero-order valence-electron chi connectivity index (χ0n) is 28.9. The van der Waals surface area contributed by atoms with Crippen LogP contribution in [-0.4, -0.2) is 151 Å². The number of benzene rings is 2. The summed E-state index contributed by atoms with van der Waals surface area (Å²) in [5, 5.41) is 8.34. The number of aromatic amines is 1. The molecule has 6 rings (SSSR count). The van der Waals surface area contributed by atoms with Crippen LogP contribution in [0.15, 0.2) is 47.3 Å². The van der Waals surface area contributed by atoms with Gasteiger partial charge in [-0.05, 0) is 62.0 Å². The van der Waals surface area contributed by atoms with Crippen LogP contribution in [0, 0.1) is 12.8 Å². The molecule has 2 aromatic carbocycles. The smallest absolute Gasteiger partial charge is 0.272 e. The van der Waals surface area contributed by atoms with Gasteiger partial charge in [0.1, 0.15) is 0 Å². The third-order valence-corrected chi connectivity index (χ3v) is 10.5. The highest BCUT2D eigenvalue weighted by Crippen LogP contribution is 2.22.